The summed E-state index contributed by atoms with van der Waals surface area (Å²) in [5.41, 5.74) is 1.49. The Kier molecular flexibility index (Phi) is 5.19. The van der Waals surface area contributed by atoms with E-state index < -0.39 is 12.0 Å². The molecule has 2 amide bonds. The van der Waals surface area contributed by atoms with E-state index >= 15 is 0 Å². The molecule has 0 fully saturated rings. The van der Waals surface area contributed by atoms with E-state index in [2.05, 4.69) is 10.6 Å². The molecule has 2 rings (SSSR count). The van der Waals surface area contributed by atoms with Crippen LogP contribution >= 0.6 is 22.9 Å². The van der Waals surface area contributed by atoms with Crippen LogP contribution < -0.4 is 10.6 Å². The fourth-order valence-electron chi connectivity index (χ4n) is 1.68. The molecule has 0 radical (unpaired) electrons. The number of nitrogens with one attached hydrogen (secondary N) is 2. The molecule has 0 aliphatic rings. The number of rotatable bonds is 5. The van der Waals surface area contributed by atoms with Gasteiger partial charge in [-0.1, -0.05) is 11.6 Å². The number of hydrogen-bond donors (Lipinski definition) is 3. The third-order valence-corrected chi connectivity index (χ3v) is 3.80. The number of urea groups is 1. The van der Waals surface area contributed by atoms with E-state index in [0.29, 0.717) is 6.54 Å². The lowest BCUT2D eigenvalue weighted by Crippen LogP contribution is -2.30. The average Bonchev–Trinajstić information content (AvgIpc) is 2.94. The van der Waals surface area contributed by atoms with Crippen LogP contribution in [0.3, 0.4) is 0 Å². The zero-order valence-electron chi connectivity index (χ0n) is 10.9. The molecule has 5 nitrogen and oxygen atoms in total. The van der Waals surface area contributed by atoms with Gasteiger partial charge >= 0.3 is 12.0 Å². The van der Waals surface area contributed by atoms with Crippen LogP contribution in [0.25, 0.3) is 0 Å². The topological polar surface area (TPSA) is 78.4 Å². The standard InChI is InChI=1S/C14H13ClN2O3S/c15-11-2-1-10(13(18)19)7-12(11)17-14(20)16-5-3-9-4-6-21-8-9/h1-2,4,6-8H,3,5H2,(H,18,19)(H2,16,17,20). The van der Waals surface area contributed by atoms with E-state index in [1.807, 2.05) is 16.8 Å². The molecule has 0 unspecified atom stereocenters. The van der Waals surface area contributed by atoms with Crippen LogP contribution in [0.5, 0.6) is 0 Å². The second-order valence-corrected chi connectivity index (χ2v) is 5.45. The van der Waals surface area contributed by atoms with Gasteiger partial charge in [0.1, 0.15) is 0 Å². The highest BCUT2D eigenvalue weighted by molar-refractivity contribution is 7.07. The lowest BCUT2D eigenvalue weighted by molar-refractivity contribution is 0.0697. The van der Waals surface area contributed by atoms with Crippen LogP contribution in [0.2, 0.25) is 5.02 Å². The molecule has 3 N–H and O–H groups in total. The number of carbonyl (C=O) groups excluding carboxylic acids is 1. The maximum Gasteiger partial charge on any atom is 0.335 e. The zero-order chi connectivity index (χ0) is 15.2. The van der Waals surface area contributed by atoms with Crippen molar-refractivity contribution < 1.29 is 14.7 Å². The number of aromatic carboxylic acids is 1. The van der Waals surface area contributed by atoms with Crippen molar-refractivity contribution >= 4 is 40.6 Å². The lowest BCUT2D eigenvalue weighted by Gasteiger charge is -2.09. The number of carboxylic acids is 1. The van der Waals surface area contributed by atoms with Crippen molar-refractivity contribution in [1.82, 2.24) is 5.32 Å². The Labute approximate surface area is 130 Å². The lowest BCUT2D eigenvalue weighted by atomic mass is 10.2. The van der Waals surface area contributed by atoms with Crippen molar-refractivity contribution in [2.45, 2.75) is 6.42 Å². The Morgan fingerprint density at radius 3 is 2.76 bits per heavy atom. The molecule has 0 saturated heterocycles. The van der Waals surface area contributed by atoms with E-state index in [-0.39, 0.29) is 16.3 Å². The summed E-state index contributed by atoms with van der Waals surface area (Å²) in [6.45, 7) is 0.485. The van der Waals surface area contributed by atoms with Crippen LogP contribution in [0, 0.1) is 0 Å². The summed E-state index contributed by atoms with van der Waals surface area (Å²) in [6, 6.07) is 5.71. The van der Waals surface area contributed by atoms with Crippen molar-refractivity contribution in [1.29, 1.82) is 0 Å². The van der Waals surface area contributed by atoms with E-state index in [9.17, 15) is 9.59 Å². The van der Waals surface area contributed by atoms with Crippen LogP contribution in [-0.4, -0.2) is 23.7 Å². The van der Waals surface area contributed by atoms with Gasteiger partial charge in [0.2, 0.25) is 0 Å². The van der Waals surface area contributed by atoms with E-state index in [0.717, 1.165) is 12.0 Å². The summed E-state index contributed by atoms with van der Waals surface area (Å²) in [7, 11) is 0. The van der Waals surface area contributed by atoms with Crippen molar-refractivity contribution in [2.24, 2.45) is 0 Å². The van der Waals surface area contributed by atoms with Crippen LogP contribution in [0.4, 0.5) is 10.5 Å². The van der Waals surface area contributed by atoms with Gasteiger partial charge in [-0.05, 0) is 47.0 Å². The Morgan fingerprint density at radius 1 is 1.29 bits per heavy atom. The monoisotopic (exact) mass is 324 g/mol. The molecule has 1 aromatic carbocycles. The highest BCUT2D eigenvalue weighted by atomic mass is 35.5. The first-order valence-electron chi connectivity index (χ1n) is 6.15. The van der Waals surface area contributed by atoms with Gasteiger partial charge < -0.3 is 15.7 Å². The largest absolute Gasteiger partial charge is 0.478 e. The number of thiophene rings is 1. The molecule has 0 spiro atoms. The van der Waals surface area contributed by atoms with Crippen molar-refractivity contribution in [3.63, 3.8) is 0 Å². The van der Waals surface area contributed by atoms with Crippen LogP contribution in [0.15, 0.2) is 35.0 Å². The first-order chi connectivity index (χ1) is 10.1. The Morgan fingerprint density at radius 2 is 2.10 bits per heavy atom. The smallest absolute Gasteiger partial charge is 0.335 e. The third kappa shape index (κ3) is 4.47. The van der Waals surface area contributed by atoms with Crippen molar-refractivity contribution in [3.05, 3.63) is 51.2 Å². The summed E-state index contributed by atoms with van der Waals surface area (Å²) in [5, 5.41) is 18.4. The zero-order valence-corrected chi connectivity index (χ0v) is 12.5. The molecule has 0 bridgehead atoms. The molecular formula is C14H13ClN2O3S. The summed E-state index contributed by atoms with van der Waals surface area (Å²) in [5.74, 6) is -1.08. The molecule has 0 saturated carbocycles. The molecule has 21 heavy (non-hydrogen) atoms. The van der Waals surface area contributed by atoms with Gasteiger partial charge in [-0.2, -0.15) is 11.3 Å². The SMILES string of the molecule is O=C(NCCc1ccsc1)Nc1cc(C(=O)O)ccc1Cl. The molecule has 1 heterocycles. The third-order valence-electron chi connectivity index (χ3n) is 2.74. The molecule has 0 aliphatic carbocycles. The van der Waals surface area contributed by atoms with Gasteiger partial charge in [-0.25, -0.2) is 9.59 Å². The van der Waals surface area contributed by atoms with E-state index in [4.69, 9.17) is 16.7 Å². The first kappa shape index (κ1) is 15.3. The Bertz CT molecular complexity index is 644. The number of carbonyl (C=O) groups is 2. The second kappa shape index (κ2) is 7.10. The predicted molar refractivity (Wildman–Crippen MR) is 83.5 cm³/mol. The minimum atomic E-state index is -1.08. The quantitative estimate of drug-likeness (QED) is 0.788. The van der Waals surface area contributed by atoms with Gasteiger partial charge in [0, 0.05) is 6.54 Å². The minimum Gasteiger partial charge on any atom is -0.478 e. The number of anilines is 1. The average molecular weight is 325 g/mol. The second-order valence-electron chi connectivity index (χ2n) is 4.26. The maximum absolute atomic E-state index is 11.7. The Hall–Kier alpha value is -2.05. The number of carboxylic acid groups (broad SMARTS) is 1. The highest BCUT2D eigenvalue weighted by Crippen LogP contribution is 2.23. The maximum atomic E-state index is 11.7. The number of hydrogen-bond acceptors (Lipinski definition) is 3. The number of halogens is 1. The molecular weight excluding hydrogens is 312 g/mol. The molecule has 2 aromatic rings. The molecule has 0 aliphatic heterocycles. The number of amides is 2. The van der Waals surface area contributed by atoms with Crippen LogP contribution in [-0.2, 0) is 6.42 Å². The molecule has 7 heteroatoms. The first-order valence-corrected chi connectivity index (χ1v) is 7.47. The van der Waals surface area contributed by atoms with Gasteiger partial charge in [0.15, 0.2) is 0 Å². The molecule has 0 atom stereocenters. The van der Waals surface area contributed by atoms with Gasteiger partial charge in [0.05, 0.1) is 16.3 Å². The predicted octanol–water partition coefficient (Wildman–Crippen LogP) is 3.46. The highest BCUT2D eigenvalue weighted by Gasteiger charge is 2.09. The van der Waals surface area contributed by atoms with Crippen molar-refractivity contribution in [3.8, 4) is 0 Å². The molecule has 1 aromatic heterocycles. The minimum absolute atomic E-state index is 0.0629. The summed E-state index contributed by atoms with van der Waals surface area (Å²) in [4.78, 5) is 22.6. The Balaban J connectivity index is 1.90. The van der Waals surface area contributed by atoms with E-state index in [1.54, 1.807) is 11.3 Å². The summed E-state index contributed by atoms with van der Waals surface area (Å²) >= 11 is 7.53. The normalized spacial score (nSPS) is 10.1. The fraction of sp³-hybridized carbons (Fsp3) is 0.143. The van der Waals surface area contributed by atoms with E-state index in [1.165, 1.54) is 18.2 Å². The summed E-state index contributed by atoms with van der Waals surface area (Å²) in [6.07, 6.45) is 0.736. The fourth-order valence-corrected chi connectivity index (χ4v) is 2.54. The van der Waals surface area contributed by atoms with Gasteiger partial charge in [-0.15, -0.1) is 0 Å². The van der Waals surface area contributed by atoms with Crippen molar-refractivity contribution in [2.75, 3.05) is 11.9 Å². The number of benzene rings is 1. The summed E-state index contributed by atoms with van der Waals surface area (Å²) < 4.78 is 0. The van der Waals surface area contributed by atoms with Gasteiger partial charge in [0.25, 0.3) is 0 Å². The van der Waals surface area contributed by atoms with Gasteiger partial charge in [-0.3, -0.25) is 0 Å². The van der Waals surface area contributed by atoms with Crippen LogP contribution in [0.1, 0.15) is 15.9 Å². The molecule has 110 valence electrons.